The lowest BCUT2D eigenvalue weighted by Crippen LogP contribution is -2.59. The summed E-state index contributed by atoms with van der Waals surface area (Å²) < 4.78 is 135. The topological polar surface area (TPSA) is 40.6 Å². The molecule has 0 fully saturated rings. The largest absolute Gasteiger partial charge is 0.457 e. The van der Waals surface area contributed by atoms with Crippen LogP contribution in [0.1, 0.15) is 26.3 Å². The first-order chi connectivity index (χ1) is 18.8. The molecule has 0 saturated heterocycles. The van der Waals surface area contributed by atoms with Crippen LogP contribution in [0.15, 0.2) is 71.2 Å². The summed E-state index contributed by atoms with van der Waals surface area (Å²) in [5.74, 6) is -9.38. The molecule has 0 aliphatic rings. The van der Waals surface area contributed by atoms with E-state index in [0.717, 1.165) is 11.0 Å². The normalized spacial score (nSPS) is 13.9. The van der Waals surface area contributed by atoms with Crippen molar-refractivity contribution in [3.05, 3.63) is 93.7 Å². The predicted molar refractivity (Wildman–Crippen MR) is 135 cm³/mol. The minimum Gasteiger partial charge on any atom is -0.311 e. The first-order valence-electron chi connectivity index (χ1n) is 10.9. The quantitative estimate of drug-likeness (QED) is 0.189. The molecular weight excluding hydrogens is 710 g/mol. The lowest BCUT2D eigenvalue weighted by atomic mass is 9.87. The smallest absolute Gasteiger partial charge is 0.311 e. The van der Waals surface area contributed by atoms with Crippen LogP contribution in [0.4, 0.5) is 55.3 Å². The Morgan fingerprint density at radius 2 is 1.37 bits per heavy atom. The maximum Gasteiger partial charge on any atom is 0.457 e. The zero-order valence-electron chi connectivity index (χ0n) is 20.1. The molecule has 0 bridgehead atoms. The Kier molecular flexibility index (Phi) is 8.90. The summed E-state index contributed by atoms with van der Waals surface area (Å²) in [5, 5.41) is 0. The summed E-state index contributed by atoms with van der Waals surface area (Å²) in [5.41, 5.74) is -8.95. The number of amides is 2. The molecule has 0 N–H and O–H groups in total. The monoisotopic (exact) mass is 722 g/mol. The highest BCUT2D eigenvalue weighted by molar-refractivity contribution is 9.11. The maximum absolute atomic E-state index is 14.8. The zero-order valence-corrected chi connectivity index (χ0v) is 23.3. The van der Waals surface area contributed by atoms with Crippen LogP contribution in [-0.2, 0) is 5.67 Å². The van der Waals surface area contributed by atoms with Crippen molar-refractivity contribution in [1.82, 2.24) is 0 Å². The number of benzene rings is 3. The molecule has 16 heteroatoms. The van der Waals surface area contributed by atoms with Crippen molar-refractivity contribution in [3.8, 4) is 0 Å². The molecule has 0 saturated carbocycles. The molecule has 0 aromatic heterocycles. The van der Waals surface area contributed by atoms with Gasteiger partial charge in [0.05, 0.1) is 27.4 Å². The van der Waals surface area contributed by atoms with Crippen molar-refractivity contribution in [1.29, 1.82) is 0 Å². The van der Waals surface area contributed by atoms with Crippen molar-refractivity contribution in [2.24, 2.45) is 0 Å². The minimum atomic E-state index is -6.90. The van der Waals surface area contributed by atoms with Crippen LogP contribution in [0.2, 0.25) is 0 Å². The highest BCUT2D eigenvalue weighted by Crippen LogP contribution is 2.58. The molecule has 1 unspecified atom stereocenters. The summed E-state index contributed by atoms with van der Waals surface area (Å²) in [4.78, 5) is 26.8. The second-order valence-electron chi connectivity index (χ2n) is 8.37. The maximum atomic E-state index is 14.8. The highest BCUT2D eigenvalue weighted by atomic mass is 79.9. The molecule has 3 aromatic rings. The molecular formula is C25H14Br2F10N2O2. The van der Waals surface area contributed by atoms with E-state index in [1.165, 1.54) is 49.5 Å². The fraction of sp³-hybridized carbons (Fsp3) is 0.200. The standard InChI is InChI=1S/C25H14Br2F10N2O2/c1-38(21(41)16-7-2-3-8-18(16)28)15-6-4-5-13(11-15)20(40)39(27)19-10-9-14(12-17(19)26)22(29,24(32,33)34)23(30,31)25(35,36)37/h2-12H,1H3. The van der Waals surface area contributed by atoms with E-state index in [4.69, 9.17) is 0 Å². The molecule has 0 aliphatic carbocycles. The van der Waals surface area contributed by atoms with Crippen molar-refractivity contribution < 1.29 is 53.5 Å². The van der Waals surface area contributed by atoms with E-state index in [0.29, 0.717) is 9.99 Å². The number of hydrogen-bond donors (Lipinski definition) is 0. The van der Waals surface area contributed by atoms with Crippen LogP contribution in [0.25, 0.3) is 0 Å². The summed E-state index contributed by atoms with van der Waals surface area (Å²) >= 11 is 5.52. The number of halogens is 12. The zero-order chi connectivity index (χ0) is 31.1. The van der Waals surface area contributed by atoms with E-state index < -0.39 is 57.3 Å². The number of carbonyl (C=O) groups excluding carboxylic acids is 2. The van der Waals surface area contributed by atoms with Gasteiger partial charge < -0.3 is 4.90 Å². The van der Waals surface area contributed by atoms with Crippen LogP contribution in [-0.4, -0.2) is 37.1 Å². The molecule has 0 aliphatic heterocycles. The van der Waals surface area contributed by atoms with Gasteiger partial charge in [-0.15, -0.1) is 0 Å². The second kappa shape index (κ2) is 11.3. The van der Waals surface area contributed by atoms with Crippen LogP contribution >= 0.6 is 32.1 Å². The van der Waals surface area contributed by atoms with Gasteiger partial charge in [0.2, 0.25) is 0 Å². The summed E-state index contributed by atoms with van der Waals surface area (Å²) in [6.45, 7) is 0. The summed E-state index contributed by atoms with van der Waals surface area (Å²) in [7, 11) is 1.29. The Labute approximate surface area is 242 Å². The van der Waals surface area contributed by atoms with Crippen molar-refractivity contribution in [2.75, 3.05) is 15.9 Å². The van der Waals surface area contributed by atoms with E-state index in [1.807, 2.05) is 0 Å². The summed E-state index contributed by atoms with van der Waals surface area (Å²) in [6, 6.07) is 10.9. The van der Waals surface area contributed by atoms with E-state index in [2.05, 4.69) is 32.1 Å². The molecule has 0 heterocycles. The Morgan fingerprint density at radius 3 is 1.90 bits per heavy atom. The van der Waals surface area contributed by atoms with E-state index in [9.17, 15) is 53.5 Å². The van der Waals surface area contributed by atoms with Crippen LogP contribution in [0.5, 0.6) is 0 Å². The number of nitrogens with zero attached hydrogens (tertiary/aromatic N) is 2. The SMILES string of the molecule is CN(C(=O)c1ccccc1F)c1cccc(C(=O)N(Br)c2ccc(C(F)(C(F)(F)F)C(F)(F)C(F)(F)F)cc2Br)c1. The Hall–Kier alpha value is -3.14. The second-order valence-corrected chi connectivity index (χ2v) is 9.94. The summed E-state index contributed by atoms with van der Waals surface area (Å²) in [6.07, 6.45) is -13.6. The van der Waals surface area contributed by atoms with Crippen LogP contribution in [0.3, 0.4) is 0 Å². The number of rotatable bonds is 6. The third-order valence-corrected chi connectivity index (χ3v) is 7.14. The van der Waals surface area contributed by atoms with Gasteiger partial charge in [-0.25, -0.2) is 12.7 Å². The van der Waals surface area contributed by atoms with E-state index in [-0.39, 0.29) is 28.9 Å². The van der Waals surface area contributed by atoms with Crippen molar-refractivity contribution >= 4 is 55.3 Å². The van der Waals surface area contributed by atoms with Gasteiger partial charge in [0.15, 0.2) is 0 Å². The van der Waals surface area contributed by atoms with Gasteiger partial charge in [0.25, 0.3) is 11.8 Å². The Bertz CT molecular complexity index is 1480. The van der Waals surface area contributed by atoms with Crippen molar-refractivity contribution in [3.63, 3.8) is 0 Å². The van der Waals surface area contributed by atoms with E-state index in [1.54, 1.807) is 0 Å². The van der Waals surface area contributed by atoms with Gasteiger partial charge >= 0.3 is 23.9 Å². The molecule has 3 aromatic carbocycles. The van der Waals surface area contributed by atoms with Gasteiger partial charge in [-0.2, -0.15) is 35.1 Å². The van der Waals surface area contributed by atoms with Gasteiger partial charge in [0.1, 0.15) is 5.82 Å². The molecule has 4 nitrogen and oxygen atoms in total. The molecule has 0 radical (unpaired) electrons. The van der Waals surface area contributed by atoms with Crippen molar-refractivity contribution in [2.45, 2.75) is 23.9 Å². The molecule has 2 amide bonds. The van der Waals surface area contributed by atoms with E-state index >= 15 is 0 Å². The number of hydrogen-bond acceptors (Lipinski definition) is 2. The minimum absolute atomic E-state index is 0.0338. The molecule has 220 valence electrons. The van der Waals surface area contributed by atoms with Crippen LogP contribution in [0, 0.1) is 5.82 Å². The fourth-order valence-corrected chi connectivity index (χ4v) is 4.91. The third kappa shape index (κ3) is 5.80. The van der Waals surface area contributed by atoms with Gasteiger partial charge in [-0.1, -0.05) is 24.3 Å². The Balaban J connectivity index is 1.96. The number of anilines is 2. The fourth-order valence-electron chi connectivity index (χ4n) is 3.60. The average molecular weight is 724 g/mol. The van der Waals surface area contributed by atoms with Gasteiger partial charge in [-0.3, -0.25) is 9.59 Å². The van der Waals surface area contributed by atoms with Gasteiger partial charge in [0, 0.05) is 28.3 Å². The highest BCUT2D eigenvalue weighted by Gasteiger charge is 2.81. The Morgan fingerprint density at radius 1 is 0.756 bits per heavy atom. The average Bonchev–Trinajstić information content (AvgIpc) is 2.89. The molecule has 3 rings (SSSR count). The molecule has 41 heavy (non-hydrogen) atoms. The number of alkyl halides is 9. The lowest BCUT2D eigenvalue weighted by molar-refractivity contribution is -0.389. The first-order valence-corrected chi connectivity index (χ1v) is 12.4. The lowest BCUT2D eigenvalue weighted by Gasteiger charge is -2.36. The van der Waals surface area contributed by atoms with Crippen LogP contribution < -0.4 is 8.83 Å². The van der Waals surface area contributed by atoms with Gasteiger partial charge in [-0.05, 0) is 58.4 Å². The third-order valence-electron chi connectivity index (χ3n) is 5.80. The predicted octanol–water partition coefficient (Wildman–Crippen LogP) is 8.75. The molecule has 1 atom stereocenters. The first kappa shape index (κ1) is 32.4. The number of carbonyl (C=O) groups is 2. The molecule has 0 spiro atoms.